The van der Waals surface area contributed by atoms with Gasteiger partial charge in [-0.2, -0.15) is 8.78 Å². The molecule has 0 radical (unpaired) electrons. The predicted molar refractivity (Wildman–Crippen MR) is 114 cm³/mol. The van der Waals surface area contributed by atoms with E-state index in [2.05, 4.69) is 4.74 Å². The molecule has 2 aromatic rings. The number of aromatic nitrogens is 4. The van der Waals surface area contributed by atoms with Crippen LogP contribution in [0.25, 0.3) is 0 Å². The summed E-state index contributed by atoms with van der Waals surface area (Å²) in [7, 11) is -3.02. The van der Waals surface area contributed by atoms with Crippen LogP contribution >= 0.6 is 8.38 Å². The van der Waals surface area contributed by atoms with Gasteiger partial charge in [-0.1, -0.05) is 0 Å². The largest absolute Gasteiger partial charge is 0.429 e. The molecule has 20 heteroatoms. The summed E-state index contributed by atoms with van der Waals surface area (Å²) in [5.41, 5.74) is -5.95. The van der Waals surface area contributed by atoms with Crippen molar-refractivity contribution in [1.29, 1.82) is 0 Å². The van der Waals surface area contributed by atoms with Gasteiger partial charge in [0.2, 0.25) is 17.9 Å². The topological polar surface area (TPSA) is 215 Å². The quantitative estimate of drug-likeness (QED) is 0.219. The molecular weight excluding hydrogens is 555 g/mol. The van der Waals surface area contributed by atoms with Crippen LogP contribution in [-0.2, 0) is 14.2 Å². The van der Waals surface area contributed by atoms with Crippen molar-refractivity contribution >= 4 is 14.1 Å². The summed E-state index contributed by atoms with van der Waals surface area (Å²) in [5, 5.41) is 8.76. The van der Waals surface area contributed by atoms with E-state index in [9.17, 15) is 41.5 Å². The van der Waals surface area contributed by atoms with Gasteiger partial charge in [-0.15, -0.1) is 0 Å². The molecule has 0 spiro atoms. The van der Waals surface area contributed by atoms with E-state index in [1.54, 1.807) is 9.97 Å². The van der Waals surface area contributed by atoms with Crippen molar-refractivity contribution in [1.82, 2.24) is 19.1 Å². The highest BCUT2D eigenvalue weighted by Gasteiger charge is 2.40. The molecule has 15 nitrogen and oxygen atoms in total. The molecule has 2 aromatic heterocycles. The molecule has 2 aliphatic heterocycles. The van der Waals surface area contributed by atoms with Crippen molar-refractivity contribution in [3.63, 3.8) is 0 Å². The second kappa shape index (κ2) is 11.9. The highest BCUT2D eigenvalue weighted by molar-refractivity contribution is 7.63. The smallest absolute Gasteiger partial charge is 0.385 e. The SMILES string of the molecule is O=C(O[C@@H]1C[C@@H](F)[C@H](n2cc(F)c(=O)[nH]c2=O)O1)P(O)O.O=c1[nH]c(=O)n([C@@H]2O[C@H](CO)C=C2F)cc1F. The number of carbonyl (C=O) groups excluding carboxylic acids is 1. The molecule has 2 aliphatic rings. The molecule has 1 fully saturated rings. The summed E-state index contributed by atoms with van der Waals surface area (Å²) in [4.78, 5) is 75.9. The zero-order valence-electron chi connectivity index (χ0n) is 18.5. The normalized spacial score (nSPS) is 24.6. The molecule has 5 N–H and O–H groups in total. The maximum atomic E-state index is 13.8. The van der Waals surface area contributed by atoms with Gasteiger partial charge < -0.3 is 29.1 Å². The van der Waals surface area contributed by atoms with E-state index < -0.39 is 98.1 Å². The van der Waals surface area contributed by atoms with Crippen LogP contribution < -0.4 is 22.5 Å². The Morgan fingerprint density at radius 2 is 1.58 bits per heavy atom. The minimum absolute atomic E-state index is 0.466. The van der Waals surface area contributed by atoms with Gasteiger partial charge in [-0.25, -0.2) is 23.2 Å². The van der Waals surface area contributed by atoms with Crippen molar-refractivity contribution in [2.75, 3.05) is 6.61 Å². The first-order valence-electron chi connectivity index (χ1n) is 10.2. The average molecular weight is 572 g/mol. The van der Waals surface area contributed by atoms with Gasteiger partial charge in [-0.3, -0.25) is 28.7 Å². The van der Waals surface area contributed by atoms with Crippen molar-refractivity contribution < 1.29 is 51.5 Å². The van der Waals surface area contributed by atoms with Gasteiger partial charge in [0.1, 0.15) is 11.9 Å². The zero-order chi connectivity index (χ0) is 28.3. The van der Waals surface area contributed by atoms with Crippen LogP contribution in [0, 0.1) is 11.6 Å². The van der Waals surface area contributed by atoms with Crippen LogP contribution in [0.5, 0.6) is 0 Å². The van der Waals surface area contributed by atoms with Gasteiger partial charge in [-0.05, 0) is 6.08 Å². The minimum atomic E-state index is -3.02. The summed E-state index contributed by atoms with van der Waals surface area (Å²) in [6.45, 7) is -0.468. The van der Waals surface area contributed by atoms with Gasteiger partial charge in [0.15, 0.2) is 18.6 Å². The number of alkyl halides is 1. The molecule has 4 rings (SSSR count). The maximum absolute atomic E-state index is 13.8. The third-order valence-corrected chi connectivity index (χ3v) is 5.29. The Kier molecular flexibility index (Phi) is 9.13. The molecule has 0 aliphatic carbocycles. The van der Waals surface area contributed by atoms with Crippen LogP contribution in [-0.4, -0.2) is 64.9 Å². The second-order valence-electron chi connectivity index (χ2n) is 7.43. The Labute approximate surface area is 207 Å². The standard InChI is InChI=1S/C9H9F2N2O7P.C9H8F2N2O4/c10-3-1-5(20-9(16)21(17)18)19-7(3)13-2-4(11)6(14)12-8(13)15;10-5-1-4(3-14)17-8(5)13-2-6(11)7(15)12-9(13)16/h2-3,5,7,17-18H,1H2,(H,12,14,15);1-2,4,8,14H,3H2,(H,12,15,16)/t3-,5-,7-;4-,8+/m10/s1. The minimum Gasteiger partial charge on any atom is -0.429 e. The van der Waals surface area contributed by atoms with Crippen molar-refractivity contribution in [2.24, 2.45) is 0 Å². The number of hydrogen-bond donors (Lipinski definition) is 5. The molecule has 38 heavy (non-hydrogen) atoms. The summed E-state index contributed by atoms with van der Waals surface area (Å²) in [6.07, 6.45) is -5.80. The second-order valence-corrected chi connectivity index (χ2v) is 8.37. The summed E-state index contributed by atoms with van der Waals surface area (Å²) in [5.74, 6) is -3.38. The van der Waals surface area contributed by atoms with Crippen LogP contribution in [0.2, 0.25) is 0 Å². The number of aliphatic hydroxyl groups excluding tert-OH is 1. The van der Waals surface area contributed by atoms with Crippen LogP contribution in [0.15, 0.2) is 43.5 Å². The van der Waals surface area contributed by atoms with E-state index in [-0.39, 0.29) is 0 Å². The first kappa shape index (κ1) is 29.1. The van der Waals surface area contributed by atoms with Crippen LogP contribution in [0.3, 0.4) is 0 Å². The number of aromatic amines is 2. The third kappa shape index (κ3) is 6.50. The number of halogens is 4. The van der Waals surface area contributed by atoms with E-state index >= 15 is 0 Å². The fraction of sp³-hybridized carbons (Fsp3) is 0.389. The van der Waals surface area contributed by atoms with Gasteiger partial charge in [0.25, 0.3) is 19.5 Å². The molecule has 0 bridgehead atoms. The number of aliphatic hydroxyl groups is 1. The number of rotatable bonds is 5. The first-order valence-corrected chi connectivity index (χ1v) is 11.4. The third-order valence-electron chi connectivity index (χ3n) is 4.85. The lowest BCUT2D eigenvalue weighted by Gasteiger charge is -2.16. The van der Waals surface area contributed by atoms with E-state index in [0.717, 1.165) is 6.08 Å². The fourth-order valence-electron chi connectivity index (χ4n) is 3.18. The molecular formula is C18H17F4N4O11P. The zero-order valence-corrected chi connectivity index (χ0v) is 19.4. The number of nitrogens with zero attached hydrogens (tertiary/aromatic N) is 2. The Balaban J connectivity index is 0.000000215. The van der Waals surface area contributed by atoms with E-state index in [1.807, 2.05) is 0 Å². The van der Waals surface area contributed by atoms with E-state index in [4.69, 9.17) is 24.4 Å². The molecule has 0 unspecified atom stereocenters. The summed E-state index contributed by atoms with van der Waals surface area (Å²) < 4.78 is 68.6. The van der Waals surface area contributed by atoms with Crippen molar-refractivity contribution in [3.05, 3.63) is 77.6 Å². The monoisotopic (exact) mass is 572 g/mol. The fourth-order valence-corrected chi connectivity index (χ4v) is 3.39. The van der Waals surface area contributed by atoms with Crippen LogP contribution in [0.4, 0.5) is 22.4 Å². The Bertz CT molecular complexity index is 1460. The first-order chi connectivity index (χ1) is 17.8. The Hall–Kier alpha value is -3.48. The molecule has 4 heterocycles. The highest BCUT2D eigenvalue weighted by atomic mass is 31.2. The molecule has 0 saturated carbocycles. The molecule has 0 aromatic carbocycles. The lowest BCUT2D eigenvalue weighted by atomic mass is 10.3. The van der Waals surface area contributed by atoms with Crippen molar-refractivity contribution in [2.45, 2.75) is 37.4 Å². The van der Waals surface area contributed by atoms with E-state index in [1.165, 1.54) is 0 Å². The lowest BCUT2D eigenvalue weighted by Crippen LogP contribution is -2.36. The number of ether oxygens (including phenoxy) is 3. The van der Waals surface area contributed by atoms with Crippen LogP contribution in [0.1, 0.15) is 18.9 Å². The molecule has 1 saturated heterocycles. The Morgan fingerprint density at radius 1 is 1.03 bits per heavy atom. The molecule has 5 atom stereocenters. The highest BCUT2D eigenvalue weighted by Crippen LogP contribution is 2.34. The van der Waals surface area contributed by atoms with Gasteiger partial charge >= 0.3 is 17.1 Å². The van der Waals surface area contributed by atoms with Crippen molar-refractivity contribution in [3.8, 4) is 0 Å². The lowest BCUT2D eigenvalue weighted by molar-refractivity contribution is -0.117. The number of carbonyl (C=O) groups is 1. The maximum Gasteiger partial charge on any atom is 0.385 e. The number of nitrogens with one attached hydrogen (secondary N) is 2. The average Bonchev–Trinajstić information content (AvgIpc) is 3.40. The number of H-pyrrole nitrogens is 2. The Morgan fingerprint density at radius 3 is 2.11 bits per heavy atom. The summed E-state index contributed by atoms with van der Waals surface area (Å²) in [6, 6.07) is 0. The van der Waals surface area contributed by atoms with E-state index in [0.29, 0.717) is 21.5 Å². The molecule has 0 amide bonds. The summed E-state index contributed by atoms with van der Waals surface area (Å²) >= 11 is 0. The predicted octanol–water partition coefficient (Wildman–Crippen LogP) is -0.889. The van der Waals surface area contributed by atoms with Gasteiger partial charge in [0, 0.05) is 6.42 Å². The molecule has 208 valence electrons. The number of hydrogen-bond acceptors (Lipinski definition) is 11. The van der Waals surface area contributed by atoms with Gasteiger partial charge in [0.05, 0.1) is 19.0 Å².